The highest BCUT2D eigenvalue weighted by Crippen LogP contribution is 2.39. The van der Waals surface area contributed by atoms with E-state index in [0.717, 1.165) is 27.1 Å². The fourth-order valence-corrected chi connectivity index (χ4v) is 4.79. The molecule has 1 aliphatic heterocycles. The van der Waals surface area contributed by atoms with Crippen molar-refractivity contribution in [2.24, 2.45) is 0 Å². The maximum absolute atomic E-state index is 11.2. The normalized spacial score (nSPS) is 19.2. The maximum atomic E-state index is 11.2. The van der Waals surface area contributed by atoms with Gasteiger partial charge < -0.3 is 14.6 Å². The van der Waals surface area contributed by atoms with E-state index < -0.39 is 12.0 Å². The molecular weight excluding hydrogens is 454 g/mol. The molecule has 29 heavy (non-hydrogen) atoms. The Morgan fingerprint density at radius 2 is 1.86 bits per heavy atom. The third-order valence-electron chi connectivity index (χ3n) is 4.63. The topological polar surface area (TPSA) is 67.8 Å². The van der Waals surface area contributed by atoms with Gasteiger partial charge in [0.1, 0.15) is 30.8 Å². The minimum atomic E-state index is -0.830. The van der Waals surface area contributed by atoms with Crippen molar-refractivity contribution in [3.8, 4) is 11.5 Å². The van der Waals surface area contributed by atoms with Gasteiger partial charge in [-0.2, -0.15) is 0 Å². The predicted molar refractivity (Wildman–Crippen MR) is 120 cm³/mol. The van der Waals surface area contributed by atoms with Crippen LogP contribution in [0.1, 0.15) is 37.3 Å². The summed E-state index contributed by atoms with van der Waals surface area (Å²) in [6.45, 7) is 7.31. The third-order valence-corrected chi connectivity index (χ3v) is 6.37. The smallest absolute Gasteiger partial charge is 0.321 e. The third kappa shape index (κ3) is 5.68. The molecule has 2 unspecified atom stereocenters. The summed E-state index contributed by atoms with van der Waals surface area (Å²) in [7, 11) is 0. The summed E-state index contributed by atoms with van der Waals surface area (Å²) in [6.07, 6.45) is 0. The number of halogens is 1. The molecule has 2 aromatic rings. The second-order valence-electron chi connectivity index (χ2n) is 7.90. The van der Waals surface area contributed by atoms with Crippen LogP contribution in [-0.4, -0.2) is 36.1 Å². The highest BCUT2D eigenvalue weighted by Gasteiger charge is 2.32. The van der Waals surface area contributed by atoms with Crippen molar-refractivity contribution in [3.05, 3.63) is 58.1 Å². The minimum Gasteiger partial charge on any atom is -0.490 e. The Hall–Kier alpha value is -1.70. The molecule has 2 atom stereocenters. The Labute approximate surface area is 184 Å². The Morgan fingerprint density at radius 3 is 2.52 bits per heavy atom. The van der Waals surface area contributed by atoms with Gasteiger partial charge in [-0.3, -0.25) is 10.1 Å². The first-order valence-electron chi connectivity index (χ1n) is 9.51. The van der Waals surface area contributed by atoms with Gasteiger partial charge in [-0.15, -0.1) is 11.8 Å². The van der Waals surface area contributed by atoms with E-state index in [4.69, 9.17) is 9.47 Å². The number of carbonyl (C=O) groups is 1. The summed E-state index contributed by atoms with van der Waals surface area (Å²) in [5.41, 5.74) is 2.10. The Morgan fingerprint density at radius 1 is 1.17 bits per heavy atom. The van der Waals surface area contributed by atoms with Gasteiger partial charge in [0.25, 0.3) is 0 Å². The molecule has 1 fully saturated rings. The predicted octanol–water partition coefficient (Wildman–Crippen LogP) is 4.99. The van der Waals surface area contributed by atoms with E-state index in [1.807, 2.05) is 36.4 Å². The molecule has 5 nitrogen and oxygen atoms in total. The largest absolute Gasteiger partial charge is 0.490 e. The number of carboxylic acids is 1. The SMILES string of the molecule is CC(C)(C)c1ccccc1OCCOc1ccc(Br)cc1C1NC(C(=O)O)CS1. The lowest BCUT2D eigenvalue weighted by Crippen LogP contribution is -2.33. The Bertz CT molecular complexity index is 868. The number of thioether (sulfide) groups is 1. The maximum Gasteiger partial charge on any atom is 0.321 e. The molecule has 0 bridgehead atoms. The van der Waals surface area contributed by atoms with Crippen LogP contribution in [0.2, 0.25) is 0 Å². The minimum absolute atomic E-state index is 0.00236. The molecule has 0 radical (unpaired) electrons. The standard InChI is InChI=1S/C22H26BrNO4S/c1-22(2,3)16-6-4-5-7-19(16)28-11-10-27-18-9-8-14(23)12-15(18)20-24-17(13-29-20)21(25)26/h4-9,12,17,20,24H,10-11,13H2,1-3H3,(H,25,26). The van der Waals surface area contributed by atoms with Crippen LogP contribution in [0, 0.1) is 0 Å². The molecule has 0 saturated carbocycles. The molecule has 0 amide bonds. The lowest BCUT2D eigenvalue weighted by molar-refractivity contribution is -0.138. The molecule has 7 heteroatoms. The molecule has 156 valence electrons. The molecule has 0 aromatic heterocycles. The number of carboxylic acid groups (broad SMARTS) is 1. The lowest BCUT2D eigenvalue weighted by Gasteiger charge is -2.23. The number of hydrogen-bond donors (Lipinski definition) is 2. The van der Waals surface area contributed by atoms with Crippen LogP contribution < -0.4 is 14.8 Å². The van der Waals surface area contributed by atoms with Gasteiger partial charge in [0.05, 0.1) is 5.37 Å². The van der Waals surface area contributed by atoms with E-state index in [9.17, 15) is 9.90 Å². The van der Waals surface area contributed by atoms with Gasteiger partial charge >= 0.3 is 5.97 Å². The van der Waals surface area contributed by atoms with Crippen LogP contribution in [-0.2, 0) is 10.2 Å². The van der Waals surface area contributed by atoms with Gasteiger partial charge in [-0.1, -0.05) is 54.9 Å². The number of hydrogen-bond acceptors (Lipinski definition) is 5. The van der Waals surface area contributed by atoms with Crippen LogP contribution in [0.5, 0.6) is 11.5 Å². The van der Waals surface area contributed by atoms with Crippen molar-refractivity contribution in [2.75, 3.05) is 19.0 Å². The summed E-state index contributed by atoms with van der Waals surface area (Å²) in [5.74, 6) is 1.30. The quantitative estimate of drug-likeness (QED) is 0.545. The fourth-order valence-electron chi connectivity index (χ4n) is 3.16. The second kappa shape index (κ2) is 9.41. The number of ether oxygens (including phenoxy) is 2. The highest BCUT2D eigenvalue weighted by molar-refractivity contribution is 9.10. The van der Waals surface area contributed by atoms with E-state index >= 15 is 0 Å². The number of aliphatic carboxylic acids is 1. The van der Waals surface area contributed by atoms with Crippen molar-refractivity contribution in [1.82, 2.24) is 5.32 Å². The zero-order valence-electron chi connectivity index (χ0n) is 16.8. The van der Waals surface area contributed by atoms with Crippen LogP contribution in [0.25, 0.3) is 0 Å². The van der Waals surface area contributed by atoms with E-state index in [1.54, 1.807) is 11.8 Å². The lowest BCUT2D eigenvalue weighted by atomic mass is 9.86. The molecule has 0 spiro atoms. The van der Waals surface area contributed by atoms with Gasteiger partial charge in [-0.05, 0) is 35.2 Å². The first-order valence-corrected chi connectivity index (χ1v) is 11.3. The molecule has 2 aromatic carbocycles. The summed E-state index contributed by atoms with van der Waals surface area (Å²) in [5, 5.41) is 12.3. The molecular formula is C22H26BrNO4S. The van der Waals surface area contributed by atoms with Crippen molar-refractivity contribution < 1.29 is 19.4 Å². The number of nitrogens with one attached hydrogen (secondary N) is 1. The van der Waals surface area contributed by atoms with Gasteiger partial charge in [-0.25, -0.2) is 0 Å². The van der Waals surface area contributed by atoms with Crippen molar-refractivity contribution >= 4 is 33.7 Å². The molecule has 1 saturated heterocycles. The van der Waals surface area contributed by atoms with Gasteiger partial charge in [0, 0.05) is 15.8 Å². The van der Waals surface area contributed by atoms with Crippen LogP contribution in [0.4, 0.5) is 0 Å². The first kappa shape index (κ1) is 22.0. The van der Waals surface area contributed by atoms with E-state index in [1.165, 1.54) is 0 Å². The van der Waals surface area contributed by atoms with Crippen molar-refractivity contribution in [1.29, 1.82) is 0 Å². The molecule has 1 aliphatic rings. The molecule has 0 aliphatic carbocycles. The number of para-hydroxylation sites is 1. The molecule has 3 rings (SSSR count). The summed E-state index contributed by atoms with van der Waals surface area (Å²) < 4.78 is 12.9. The van der Waals surface area contributed by atoms with E-state index in [2.05, 4.69) is 48.1 Å². The monoisotopic (exact) mass is 479 g/mol. The zero-order chi connectivity index (χ0) is 21.0. The molecule has 1 heterocycles. The van der Waals surface area contributed by atoms with E-state index in [0.29, 0.717) is 19.0 Å². The summed E-state index contributed by atoms with van der Waals surface area (Å²) in [4.78, 5) is 11.2. The number of benzene rings is 2. The van der Waals surface area contributed by atoms with Crippen LogP contribution in [0.15, 0.2) is 46.9 Å². The fraction of sp³-hybridized carbons (Fsp3) is 0.409. The zero-order valence-corrected chi connectivity index (χ0v) is 19.2. The molecule has 2 N–H and O–H groups in total. The summed E-state index contributed by atoms with van der Waals surface area (Å²) in [6, 6.07) is 13.3. The van der Waals surface area contributed by atoms with Gasteiger partial charge in [0.2, 0.25) is 0 Å². The van der Waals surface area contributed by atoms with Crippen LogP contribution >= 0.6 is 27.7 Å². The Kier molecular flexibility index (Phi) is 7.14. The van der Waals surface area contributed by atoms with Crippen molar-refractivity contribution in [2.45, 2.75) is 37.6 Å². The average molecular weight is 480 g/mol. The first-order chi connectivity index (χ1) is 13.8. The highest BCUT2D eigenvalue weighted by atomic mass is 79.9. The number of rotatable bonds is 7. The second-order valence-corrected chi connectivity index (χ2v) is 9.95. The van der Waals surface area contributed by atoms with Gasteiger partial charge in [0.15, 0.2) is 0 Å². The Balaban J connectivity index is 1.63. The van der Waals surface area contributed by atoms with Crippen LogP contribution in [0.3, 0.4) is 0 Å². The van der Waals surface area contributed by atoms with E-state index in [-0.39, 0.29) is 10.8 Å². The van der Waals surface area contributed by atoms with Crippen molar-refractivity contribution in [3.63, 3.8) is 0 Å². The summed E-state index contributed by atoms with van der Waals surface area (Å²) >= 11 is 5.06. The average Bonchev–Trinajstić information content (AvgIpc) is 3.16.